The van der Waals surface area contributed by atoms with Crippen molar-refractivity contribution >= 4 is 17.8 Å². The first kappa shape index (κ1) is 18.9. The Kier molecular flexibility index (Phi) is 5.16. The normalized spacial score (nSPS) is 18.4. The molecular formula is C19H25FN6O. The zero-order chi connectivity index (χ0) is 19.6. The lowest BCUT2D eigenvalue weighted by Crippen LogP contribution is -2.45. The minimum Gasteiger partial charge on any atom is -0.372 e. The highest BCUT2D eigenvalue weighted by Gasteiger charge is 2.34. The quantitative estimate of drug-likeness (QED) is 0.677. The van der Waals surface area contributed by atoms with Gasteiger partial charge in [0.05, 0.1) is 29.6 Å². The number of aromatic nitrogens is 2. The van der Waals surface area contributed by atoms with E-state index in [4.69, 9.17) is 5.41 Å². The van der Waals surface area contributed by atoms with Crippen LogP contribution in [-0.4, -0.2) is 46.5 Å². The number of nitrogens with one attached hydrogen (secondary N) is 3. The van der Waals surface area contributed by atoms with E-state index in [0.29, 0.717) is 25.7 Å². The molecule has 3 rings (SSSR count). The van der Waals surface area contributed by atoms with Gasteiger partial charge in [0.1, 0.15) is 11.5 Å². The first-order chi connectivity index (χ1) is 12.9. The van der Waals surface area contributed by atoms with Crippen molar-refractivity contribution in [3.05, 3.63) is 47.9 Å². The van der Waals surface area contributed by atoms with Crippen LogP contribution in [0.4, 0.5) is 4.39 Å². The van der Waals surface area contributed by atoms with Crippen molar-refractivity contribution in [3.63, 3.8) is 0 Å². The van der Waals surface area contributed by atoms with E-state index in [1.807, 2.05) is 42.6 Å². The number of fused-ring (bicyclic) bond motifs is 1. The number of likely N-dealkylation sites (tertiary alicyclic amines) is 1. The molecule has 3 N–H and O–H groups in total. The Bertz CT molecular complexity index is 887. The van der Waals surface area contributed by atoms with Crippen molar-refractivity contribution < 1.29 is 9.18 Å². The summed E-state index contributed by atoms with van der Waals surface area (Å²) in [4.78, 5) is 19.0. The van der Waals surface area contributed by atoms with E-state index in [0.717, 1.165) is 11.3 Å². The number of halogens is 1. The Balaban J connectivity index is 1.73. The molecule has 0 aromatic carbocycles. The van der Waals surface area contributed by atoms with Gasteiger partial charge in [-0.15, -0.1) is 0 Å². The first-order valence-electron chi connectivity index (χ1n) is 8.95. The van der Waals surface area contributed by atoms with Gasteiger partial charge in [-0.3, -0.25) is 4.79 Å². The molecule has 2 aromatic heterocycles. The van der Waals surface area contributed by atoms with Crippen LogP contribution >= 0.6 is 0 Å². The van der Waals surface area contributed by atoms with Crippen molar-refractivity contribution in [1.29, 1.82) is 5.41 Å². The van der Waals surface area contributed by atoms with Crippen LogP contribution in [0.25, 0.3) is 5.65 Å². The highest BCUT2D eigenvalue weighted by atomic mass is 19.1. The summed E-state index contributed by atoms with van der Waals surface area (Å²) in [5.74, 6) is -0.699. The van der Waals surface area contributed by atoms with Gasteiger partial charge in [0.25, 0.3) is 0 Å². The van der Waals surface area contributed by atoms with E-state index in [2.05, 4.69) is 15.6 Å². The van der Waals surface area contributed by atoms with E-state index < -0.39 is 11.4 Å². The van der Waals surface area contributed by atoms with Crippen LogP contribution in [0.3, 0.4) is 0 Å². The second-order valence-corrected chi connectivity index (χ2v) is 7.21. The van der Waals surface area contributed by atoms with Crippen LogP contribution in [0.5, 0.6) is 0 Å². The summed E-state index contributed by atoms with van der Waals surface area (Å²) in [6, 6.07) is 5.76. The maximum Gasteiger partial charge on any atom is 0.225 e. The second kappa shape index (κ2) is 7.38. The fourth-order valence-corrected chi connectivity index (χ4v) is 3.54. The lowest BCUT2D eigenvalue weighted by molar-refractivity contribution is -0.126. The van der Waals surface area contributed by atoms with Gasteiger partial charge in [-0.2, -0.15) is 0 Å². The molecule has 0 spiro atoms. The van der Waals surface area contributed by atoms with Crippen molar-refractivity contribution in [1.82, 2.24) is 24.9 Å². The molecule has 1 aliphatic heterocycles. The Morgan fingerprint density at radius 3 is 2.93 bits per heavy atom. The van der Waals surface area contributed by atoms with Crippen LogP contribution in [-0.2, 0) is 10.3 Å². The highest BCUT2D eigenvalue weighted by molar-refractivity contribution is 5.80. The average Bonchev–Trinajstić information content (AvgIpc) is 3.29. The maximum atomic E-state index is 13.8. The molecule has 7 nitrogen and oxygen atoms in total. The molecule has 1 saturated heterocycles. The van der Waals surface area contributed by atoms with E-state index in [-0.39, 0.29) is 17.6 Å². The lowest BCUT2D eigenvalue weighted by Gasteiger charge is -2.28. The molecule has 144 valence electrons. The predicted octanol–water partition coefficient (Wildman–Crippen LogP) is 2.02. The molecule has 1 atom stereocenters. The Morgan fingerprint density at radius 1 is 1.44 bits per heavy atom. The summed E-state index contributed by atoms with van der Waals surface area (Å²) >= 11 is 0. The fraction of sp³-hybridized carbons (Fsp3) is 0.421. The Morgan fingerprint density at radius 2 is 2.22 bits per heavy atom. The zero-order valence-corrected chi connectivity index (χ0v) is 15.8. The number of amides is 1. The molecule has 2 aromatic rings. The Hall–Kier alpha value is -2.90. The maximum absolute atomic E-state index is 13.8. The van der Waals surface area contributed by atoms with Gasteiger partial charge < -0.3 is 25.3 Å². The van der Waals surface area contributed by atoms with Gasteiger partial charge in [-0.1, -0.05) is 6.07 Å². The smallest absolute Gasteiger partial charge is 0.225 e. The van der Waals surface area contributed by atoms with Crippen LogP contribution in [0, 0.1) is 11.3 Å². The molecule has 0 radical (unpaired) electrons. The molecule has 0 saturated carbocycles. The third kappa shape index (κ3) is 3.65. The summed E-state index contributed by atoms with van der Waals surface area (Å²) in [5, 5.41) is 13.0. The molecule has 1 amide bonds. The largest absolute Gasteiger partial charge is 0.372 e. The molecule has 1 fully saturated rings. The molecule has 0 bridgehead atoms. The predicted molar refractivity (Wildman–Crippen MR) is 102 cm³/mol. The lowest BCUT2D eigenvalue weighted by atomic mass is 9.98. The topological polar surface area (TPSA) is 85.5 Å². The summed E-state index contributed by atoms with van der Waals surface area (Å²) in [7, 11) is 1.61. The van der Waals surface area contributed by atoms with Crippen LogP contribution in [0.15, 0.2) is 42.2 Å². The number of hydrogen-bond donors (Lipinski definition) is 3. The van der Waals surface area contributed by atoms with Crippen molar-refractivity contribution in [3.8, 4) is 0 Å². The monoisotopic (exact) mass is 372 g/mol. The van der Waals surface area contributed by atoms with Gasteiger partial charge >= 0.3 is 0 Å². The molecule has 0 aliphatic carbocycles. The molecule has 8 heteroatoms. The molecule has 27 heavy (non-hydrogen) atoms. The summed E-state index contributed by atoms with van der Waals surface area (Å²) in [6.07, 6.45) is 5.00. The van der Waals surface area contributed by atoms with Gasteiger partial charge in [-0.05, 0) is 32.4 Å². The third-order valence-corrected chi connectivity index (χ3v) is 4.96. The van der Waals surface area contributed by atoms with E-state index >= 15 is 0 Å². The van der Waals surface area contributed by atoms with E-state index in [9.17, 15) is 9.18 Å². The number of carbonyl (C=O) groups is 1. The summed E-state index contributed by atoms with van der Waals surface area (Å²) in [5.41, 5.74) is 1.12. The number of allylic oxidation sites excluding steroid dienone is 1. The molecule has 1 aliphatic rings. The fourth-order valence-electron chi connectivity index (χ4n) is 3.54. The number of imidazole rings is 1. The minimum absolute atomic E-state index is 0.0703. The summed E-state index contributed by atoms with van der Waals surface area (Å²) < 4.78 is 15.8. The number of pyridine rings is 1. The van der Waals surface area contributed by atoms with Crippen molar-refractivity contribution in [2.45, 2.75) is 25.8 Å². The second-order valence-electron chi connectivity index (χ2n) is 7.21. The highest BCUT2D eigenvalue weighted by Crippen LogP contribution is 2.25. The summed E-state index contributed by atoms with van der Waals surface area (Å²) in [6.45, 7) is 4.86. The standard InChI is InChI=1S/C19H25FN6O/c1-19(2,15-11-23-16-6-4-5-8-26(15)16)24-18(27)13-7-9-25(12-13)17(22-3)14(20)10-21/h4-6,8,10-11,13,21-22H,7,9,12H2,1-3H3,(H,24,27)/b17-14-,21-10?. The van der Waals surface area contributed by atoms with Gasteiger partial charge in [-0.25, -0.2) is 9.37 Å². The molecule has 1 unspecified atom stereocenters. The zero-order valence-electron chi connectivity index (χ0n) is 15.8. The van der Waals surface area contributed by atoms with Gasteiger partial charge in [0, 0.05) is 26.3 Å². The minimum atomic E-state index is -0.635. The van der Waals surface area contributed by atoms with Crippen molar-refractivity contribution in [2.24, 2.45) is 5.92 Å². The first-order valence-corrected chi connectivity index (χ1v) is 8.95. The molecular weight excluding hydrogens is 347 g/mol. The SMILES string of the molecule is CN/C(=C(/F)C=N)N1CCC(C(=O)NC(C)(C)c2cnc3ccccn23)C1. The van der Waals surface area contributed by atoms with Gasteiger partial charge in [0.2, 0.25) is 5.91 Å². The number of rotatable bonds is 6. The number of carbonyl (C=O) groups excluding carboxylic acids is 1. The van der Waals surface area contributed by atoms with Crippen LogP contribution in [0.2, 0.25) is 0 Å². The average molecular weight is 372 g/mol. The van der Waals surface area contributed by atoms with Crippen LogP contribution < -0.4 is 10.6 Å². The number of hydrogen-bond acceptors (Lipinski definition) is 5. The Labute approximate surface area is 157 Å². The van der Waals surface area contributed by atoms with Gasteiger partial charge in [0.15, 0.2) is 5.83 Å². The van der Waals surface area contributed by atoms with E-state index in [1.165, 1.54) is 0 Å². The van der Waals surface area contributed by atoms with Crippen molar-refractivity contribution in [2.75, 3.05) is 20.1 Å². The van der Waals surface area contributed by atoms with E-state index in [1.54, 1.807) is 18.1 Å². The third-order valence-electron chi connectivity index (χ3n) is 4.96. The van der Waals surface area contributed by atoms with Crippen LogP contribution in [0.1, 0.15) is 26.0 Å². The number of nitrogens with zero attached hydrogens (tertiary/aromatic N) is 3. The molecule has 3 heterocycles.